The molecule has 134 valence electrons. The lowest BCUT2D eigenvalue weighted by molar-refractivity contribution is -0.134. The predicted molar refractivity (Wildman–Crippen MR) is 106 cm³/mol. The number of carbonyl (C=O) groups excluding carboxylic acids is 1. The zero-order valence-corrected chi connectivity index (χ0v) is 15.5. The lowest BCUT2D eigenvalue weighted by atomic mass is 10.0. The van der Waals surface area contributed by atoms with Crippen molar-refractivity contribution in [3.8, 4) is 22.9 Å². The van der Waals surface area contributed by atoms with Crippen LogP contribution in [0.25, 0.3) is 11.1 Å². The Morgan fingerprint density at radius 3 is 2.48 bits per heavy atom. The van der Waals surface area contributed by atoms with Crippen molar-refractivity contribution in [2.24, 2.45) is 0 Å². The molecule has 1 aromatic heterocycles. The molecule has 0 spiro atoms. The molecule has 0 saturated heterocycles. The minimum Gasteiger partial charge on any atom is -0.484 e. The first-order valence-electron chi connectivity index (χ1n) is 8.79. The van der Waals surface area contributed by atoms with Crippen molar-refractivity contribution in [2.75, 3.05) is 13.2 Å². The molecule has 27 heavy (non-hydrogen) atoms. The second-order valence-electron chi connectivity index (χ2n) is 6.44. The number of nitriles is 1. The molecule has 0 saturated carbocycles. The summed E-state index contributed by atoms with van der Waals surface area (Å²) in [5.41, 5.74) is 3.98. The van der Waals surface area contributed by atoms with E-state index in [1.165, 1.54) is 10.4 Å². The van der Waals surface area contributed by atoms with Crippen LogP contribution in [0.2, 0.25) is 0 Å². The van der Waals surface area contributed by atoms with Gasteiger partial charge in [-0.15, -0.1) is 11.3 Å². The number of nitrogens with zero attached hydrogens (tertiary/aromatic N) is 2. The number of benzene rings is 2. The minimum absolute atomic E-state index is 0.0167. The number of hydrogen-bond acceptors (Lipinski definition) is 4. The molecule has 4 rings (SSSR count). The lowest BCUT2D eigenvalue weighted by Gasteiger charge is -2.27. The van der Waals surface area contributed by atoms with Gasteiger partial charge in [0.2, 0.25) is 0 Å². The van der Waals surface area contributed by atoms with Gasteiger partial charge < -0.3 is 9.64 Å². The summed E-state index contributed by atoms with van der Waals surface area (Å²) in [6, 6.07) is 19.3. The first-order chi connectivity index (χ1) is 13.2. The fourth-order valence-electron chi connectivity index (χ4n) is 3.18. The second-order valence-corrected chi connectivity index (χ2v) is 7.44. The first kappa shape index (κ1) is 17.3. The van der Waals surface area contributed by atoms with E-state index in [1.807, 2.05) is 41.3 Å². The standard InChI is InChI=1S/C22H18N2O2S/c23-13-16-1-3-17(4-2-16)18-5-7-20(8-6-18)26-15-22(25)24-11-9-21-19(14-24)10-12-27-21/h1-8,10,12H,9,11,14-15H2. The second kappa shape index (κ2) is 7.65. The quantitative estimate of drug-likeness (QED) is 0.686. The van der Waals surface area contributed by atoms with E-state index in [4.69, 9.17) is 10.00 Å². The highest BCUT2D eigenvalue weighted by molar-refractivity contribution is 7.10. The van der Waals surface area contributed by atoms with Crippen molar-refractivity contribution >= 4 is 17.2 Å². The Morgan fingerprint density at radius 2 is 1.78 bits per heavy atom. The number of carbonyl (C=O) groups is 1. The van der Waals surface area contributed by atoms with Gasteiger partial charge in [0, 0.05) is 18.0 Å². The first-order valence-corrected chi connectivity index (χ1v) is 9.67. The molecule has 0 atom stereocenters. The van der Waals surface area contributed by atoms with Gasteiger partial charge in [0.25, 0.3) is 5.91 Å². The Bertz CT molecular complexity index is 984. The van der Waals surface area contributed by atoms with Crippen LogP contribution >= 0.6 is 11.3 Å². The van der Waals surface area contributed by atoms with Gasteiger partial charge in [0.15, 0.2) is 6.61 Å². The summed E-state index contributed by atoms with van der Waals surface area (Å²) in [6.45, 7) is 1.49. The van der Waals surface area contributed by atoms with Gasteiger partial charge in [-0.05, 0) is 58.8 Å². The molecule has 2 heterocycles. The normalized spacial score (nSPS) is 12.9. The summed E-state index contributed by atoms with van der Waals surface area (Å²) in [4.78, 5) is 15.7. The topological polar surface area (TPSA) is 53.3 Å². The molecule has 0 fully saturated rings. The van der Waals surface area contributed by atoms with Crippen LogP contribution in [0.5, 0.6) is 5.75 Å². The third kappa shape index (κ3) is 3.86. The number of amides is 1. The highest BCUT2D eigenvalue weighted by Crippen LogP contribution is 2.25. The highest BCUT2D eigenvalue weighted by atomic mass is 32.1. The molecule has 1 amide bonds. The Morgan fingerprint density at radius 1 is 1.07 bits per heavy atom. The molecule has 0 bridgehead atoms. The zero-order valence-electron chi connectivity index (χ0n) is 14.7. The molecule has 3 aromatic rings. The van der Waals surface area contributed by atoms with E-state index in [-0.39, 0.29) is 12.5 Å². The Kier molecular flexibility index (Phi) is 4.91. The molecule has 0 unspecified atom stereocenters. The van der Waals surface area contributed by atoms with Gasteiger partial charge in [0.05, 0.1) is 11.6 Å². The van der Waals surface area contributed by atoms with Crippen LogP contribution in [0, 0.1) is 11.3 Å². The van der Waals surface area contributed by atoms with E-state index in [1.54, 1.807) is 23.5 Å². The van der Waals surface area contributed by atoms with Crippen LogP contribution in [0.15, 0.2) is 60.0 Å². The fraction of sp³-hybridized carbons (Fsp3) is 0.182. The molecule has 1 aliphatic rings. The van der Waals surface area contributed by atoms with Crippen LogP contribution in [0.3, 0.4) is 0 Å². The van der Waals surface area contributed by atoms with Crippen molar-refractivity contribution in [2.45, 2.75) is 13.0 Å². The predicted octanol–water partition coefficient (Wildman–Crippen LogP) is 4.25. The van der Waals surface area contributed by atoms with Crippen molar-refractivity contribution in [3.63, 3.8) is 0 Å². The summed E-state index contributed by atoms with van der Waals surface area (Å²) in [5.74, 6) is 0.692. The fourth-order valence-corrected chi connectivity index (χ4v) is 4.07. The molecular weight excluding hydrogens is 356 g/mol. The number of rotatable bonds is 4. The Hall–Kier alpha value is -3.10. The van der Waals surface area contributed by atoms with Gasteiger partial charge in [-0.3, -0.25) is 4.79 Å². The molecule has 5 heteroatoms. The molecule has 4 nitrogen and oxygen atoms in total. The highest BCUT2D eigenvalue weighted by Gasteiger charge is 2.21. The van der Waals surface area contributed by atoms with Crippen LogP contribution in [0.4, 0.5) is 0 Å². The summed E-state index contributed by atoms with van der Waals surface area (Å²) in [7, 11) is 0. The SMILES string of the molecule is N#Cc1ccc(-c2ccc(OCC(=O)N3CCc4sccc4C3)cc2)cc1. The van der Waals surface area contributed by atoms with E-state index in [0.717, 1.165) is 24.1 Å². The monoisotopic (exact) mass is 374 g/mol. The maximum Gasteiger partial charge on any atom is 0.260 e. The van der Waals surface area contributed by atoms with Crippen molar-refractivity contribution in [1.82, 2.24) is 4.90 Å². The number of hydrogen-bond donors (Lipinski definition) is 0. The van der Waals surface area contributed by atoms with Crippen LogP contribution in [0.1, 0.15) is 16.0 Å². The van der Waals surface area contributed by atoms with Crippen LogP contribution in [-0.2, 0) is 17.8 Å². The van der Waals surface area contributed by atoms with Crippen molar-refractivity contribution in [3.05, 3.63) is 76.0 Å². The molecular formula is C22H18N2O2S. The zero-order chi connectivity index (χ0) is 18.6. The largest absolute Gasteiger partial charge is 0.484 e. The van der Waals surface area contributed by atoms with Crippen LogP contribution < -0.4 is 4.74 Å². The molecule has 0 radical (unpaired) electrons. The summed E-state index contributed by atoms with van der Waals surface area (Å²) in [6.07, 6.45) is 0.929. The lowest BCUT2D eigenvalue weighted by Crippen LogP contribution is -2.38. The summed E-state index contributed by atoms with van der Waals surface area (Å²) in [5, 5.41) is 11.0. The Labute approximate surface area is 162 Å². The van der Waals surface area contributed by atoms with E-state index < -0.39 is 0 Å². The molecule has 1 aliphatic heterocycles. The average Bonchev–Trinajstić information content (AvgIpc) is 3.20. The van der Waals surface area contributed by atoms with Gasteiger partial charge in [0.1, 0.15) is 5.75 Å². The van der Waals surface area contributed by atoms with Gasteiger partial charge in [-0.1, -0.05) is 24.3 Å². The number of fused-ring (bicyclic) bond motifs is 1. The van der Waals surface area contributed by atoms with E-state index in [2.05, 4.69) is 17.5 Å². The van der Waals surface area contributed by atoms with Gasteiger partial charge >= 0.3 is 0 Å². The Balaban J connectivity index is 1.35. The van der Waals surface area contributed by atoms with E-state index in [0.29, 0.717) is 17.9 Å². The smallest absolute Gasteiger partial charge is 0.260 e. The van der Waals surface area contributed by atoms with Crippen molar-refractivity contribution < 1.29 is 9.53 Å². The van der Waals surface area contributed by atoms with Crippen molar-refractivity contribution in [1.29, 1.82) is 5.26 Å². The van der Waals surface area contributed by atoms with Gasteiger partial charge in [-0.2, -0.15) is 5.26 Å². The maximum absolute atomic E-state index is 12.4. The number of thiophene rings is 1. The number of ether oxygens (including phenoxy) is 1. The molecule has 0 aliphatic carbocycles. The maximum atomic E-state index is 12.4. The third-order valence-electron chi connectivity index (χ3n) is 4.72. The summed E-state index contributed by atoms with van der Waals surface area (Å²) < 4.78 is 5.69. The van der Waals surface area contributed by atoms with Crippen LogP contribution in [-0.4, -0.2) is 24.0 Å². The van der Waals surface area contributed by atoms with E-state index >= 15 is 0 Å². The van der Waals surface area contributed by atoms with E-state index in [9.17, 15) is 4.79 Å². The minimum atomic E-state index is 0.0167. The molecule has 2 aromatic carbocycles. The summed E-state index contributed by atoms with van der Waals surface area (Å²) >= 11 is 1.77. The third-order valence-corrected chi connectivity index (χ3v) is 5.75. The average molecular weight is 374 g/mol. The van der Waals surface area contributed by atoms with Gasteiger partial charge in [-0.25, -0.2) is 0 Å². The molecule has 0 N–H and O–H groups in total.